The summed E-state index contributed by atoms with van der Waals surface area (Å²) in [6, 6.07) is 3.80. The van der Waals surface area contributed by atoms with E-state index in [0.717, 1.165) is 0 Å². The van der Waals surface area contributed by atoms with Crippen molar-refractivity contribution in [3.63, 3.8) is 0 Å². The van der Waals surface area contributed by atoms with Crippen LogP contribution >= 0.6 is 0 Å². The predicted octanol–water partition coefficient (Wildman–Crippen LogP) is -1.42. The first-order valence-electron chi connectivity index (χ1n) is 4.01. The molecule has 0 spiro atoms. The lowest BCUT2D eigenvalue weighted by Gasteiger charge is -2.07. The van der Waals surface area contributed by atoms with Gasteiger partial charge in [0.1, 0.15) is 0 Å². The Morgan fingerprint density at radius 3 is 2.60 bits per heavy atom. The second-order valence-corrected chi connectivity index (χ2v) is 2.73. The van der Waals surface area contributed by atoms with Crippen LogP contribution in [0.5, 0.6) is 11.5 Å². The SMILES string of the molecule is O=C([O-])CNC(=O)c1cccc(O)c1O. The molecule has 3 N–H and O–H groups in total. The number of nitrogens with one attached hydrogen (secondary N) is 1. The lowest BCUT2D eigenvalue weighted by atomic mass is 10.1. The second-order valence-electron chi connectivity index (χ2n) is 2.73. The number of rotatable bonds is 3. The number of carbonyl (C=O) groups excluding carboxylic acids is 2. The van der Waals surface area contributed by atoms with E-state index in [2.05, 4.69) is 0 Å². The zero-order valence-electron chi connectivity index (χ0n) is 7.56. The van der Waals surface area contributed by atoms with E-state index in [9.17, 15) is 19.8 Å². The summed E-state index contributed by atoms with van der Waals surface area (Å²) in [6.07, 6.45) is 0. The molecule has 6 nitrogen and oxygen atoms in total. The van der Waals surface area contributed by atoms with Gasteiger partial charge in [-0.3, -0.25) is 4.79 Å². The Labute approximate surface area is 84.8 Å². The predicted molar refractivity (Wildman–Crippen MR) is 47.1 cm³/mol. The fourth-order valence-corrected chi connectivity index (χ4v) is 0.962. The van der Waals surface area contributed by atoms with Crippen molar-refractivity contribution in [2.24, 2.45) is 0 Å². The zero-order chi connectivity index (χ0) is 11.4. The van der Waals surface area contributed by atoms with E-state index in [1.165, 1.54) is 18.2 Å². The molecular weight excluding hydrogens is 202 g/mol. The van der Waals surface area contributed by atoms with E-state index in [1.54, 1.807) is 0 Å². The third-order valence-electron chi connectivity index (χ3n) is 1.65. The lowest BCUT2D eigenvalue weighted by molar-refractivity contribution is -0.303. The minimum atomic E-state index is -1.44. The summed E-state index contributed by atoms with van der Waals surface area (Å²) in [4.78, 5) is 21.3. The number of hydrogen-bond acceptors (Lipinski definition) is 5. The maximum Gasteiger partial charge on any atom is 0.255 e. The van der Waals surface area contributed by atoms with Gasteiger partial charge in [0.15, 0.2) is 11.5 Å². The van der Waals surface area contributed by atoms with Crippen LogP contribution in [0.15, 0.2) is 18.2 Å². The summed E-state index contributed by atoms with van der Waals surface area (Å²) >= 11 is 0. The van der Waals surface area contributed by atoms with E-state index >= 15 is 0 Å². The number of phenols is 2. The highest BCUT2D eigenvalue weighted by molar-refractivity contribution is 5.98. The Balaban J connectivity index is 2.82. The molecule has 1 aromatic rings. The van der Waals surface area contributed by atoms with Crippen LogP contribution in [-0.4, -0.2) is 28.6 Å². The number of hydrogen-bond donors (Lipinski definition) is 3. The summed E-state index contributed by atoms with van der Waals surface area (Å²) in [7, 11) is 0. The Hall–Kier alpha value is -2.24. The van der Waals surface area contributed by atoms with E-state index in [0.29, 0.717) is 0 Å². The molecule has 0 saturated heterocycles. The van der Waals surface area contributed by atoms with E-state index in [-0.39, 0.29) is 5.56 Å². The number of para-hydroxylation sites is 1. The molecule has 80 valence electrons. The van der Waals surface area contributed by atoms with Crippen LogP contribution in [-0.2, 0) is 4.79 Å². The molecule has 0 fully saturated rings. The van der Waals surface area contributed by atoms with Gasteiger partial charge >= 0.3 is 0 Å². The summed E-state index contributed by atoms with van der Waals surface area (Å²) in [5, 5.41) is 30.4. The summed E-state index contributed by atoms with van der Waals surface area (Å²) < 4.78 is 0. The van der Waals surface area contributed by atoms with Gasteiger partial charge in [-0.25, -0.2) is 0 Å². The summed E-state index contributed by atoms with van der Waals surface area (Å²) in [5.74, 6) is -3.28. The first-order valence-corrected chi connectivity index (χ1v) is 4.01. The number of phenolic OH excluding ortho intramolecular Hbond substituents is 2. The molecular formula is C9H8NO5-. The van der Waals surface area contributed by atoms with Crippen LogP contribution in [0.4, 0.5) is 0 Å². The van der Waals surface area contributed by atoms with Crippen molar-refractivity contribution in [1.29, 1.82) is 0 Å². The second kappa shape index (κ2) is 4.32. The average molecular weight is 210 g/mol. The topological polar surface area (TPSA) is 110 Å². The minimum Gasteiger partial charge on any atom is -0.548 e. The molecule has 1 rings (SSSR count). The summed E-state index contributed by atoms with van der Waals surface area (Å²) in [5.41, 5.74) is -0.198. The number of carboxylic acids is 1. The lowest BCUT2D eigenvalue weighted by Crippen LogP contribution is -2.37. The average Bonchev–Trinajstić information content (AvgIpc) is 2.18. The Bertz CT molecular complexity index is 401. The zero-order valence-corrected chi connectivity index (χ0v) is 7.56. The minimum absolute atomic E-state index is 0.198. The molecule has 15 heavy (non-hydrogen) atoms. The van der Waals surface area contributed by atoms with Gasteiger partial charge in [-0.1, -0.05) is 6.07 Å². The van der Waals surface area contributed by atoms with E-state index < -0.39 is 29.9 Å². The van der Waals surface area contributed by atoms with Crippen molar-refractivity contribution in [2.75, 3.05) is 6.54 Å². The van der Waals surface area contributed by atoms with Gasteiger partial charge in [-0.2, -0.15) is 0 Å². The molecule has 0 atom stereocenters. The van der Waals surface area contributed by atoms with E-state index in [1.807, 2.05) is 5.32 Å². The fourth-order valence-electron chi connectivity index (χ4n) is 0.962. The molecule has 0 radical (unpaired) electrons. The number of carboxylic acid groups (broad SMARTS) is 1. The molecule has 0 aliphatic rings. The molecule has 6 heteroatoms. The fraction of sp³-hybridized carbons (Fsp3) is 0.111. The standard InChI is InChI=1S/C9H9NO5/c11-6-3-1-2-5(8(6)14)9(15)10-4-7(12)13/h1-3,11,14H,4H2,(H,10,15)(H,12,13)/p-1. The van der Waals surface area contributed by atoms with Gasteiger partial charge in [0.25, 0.3) is 5.91 Å². The Morgan fingerprint density at radius 1 is 1.33 bits per heavy atom. The van der Waals surface area contributed by atoms with Crippen molar-refractivity contribution in [3.8, 4) is 11.5 Å². The van der Waals surface area contributed by atoms with Crippen molar-refractivity contribution < 1.29 is 24.9 Å². The first kappa shape index (κ1) is 10.8. The van der Waals surface area contributed by atoms with Crippen LogP contribution in [0.25, 0.3) is 0 Å². The van der Waals surface area contributed by atoms with E-state index in [4.69, 9.17) is 5.11 Å². The largest absolute Gasteiger partial charge is 0.548 e. The quantitative estimate of drug-likeness (QED) is 0.530. The van der Waals surface area contributed by atoms with Crippen LogP contribution in [0.2, 0.25) is 0 Å². The van der Waals surface area contributed by atoms with Gasteiger partial charge in [0, 0.05) is 0 Å². The maximum atomic E-state index is 11.2. The monoisotopic (exact) mass is 210 g/mol. The molecule has 0 aromatic heterocycles. The number of benzene rings is 1. The van der Waals surface area contributed by atoms with Crippen LogP contribution in [0.3, 0.4) is 0 Å². The van der Waals surface area contributed by atoms with Gasteiger partial charge in [0.2, 0.25) is 0 Å². The van der Waals surface area contributed by atoms with Crippen molar-refractivity contribution in [1.82, 2.24) is 5.32 Å². The number of amides is 1. The van der Waals surface area contributed by atoms with Gasteiger partial charge in [-0.05, 0) is 12.1 Å². The molecule has 0 bridgehead atoms. The van der Waals surface area contributed by atoms with Gasteiger partial charge < -0.3 is 25.4 Å². The smallest absolute Gasteiger partial charge is 0.255 e. The van der Waals surface area contributed by atoms with Crippen molar-refractivity contribution in [2.45, 2.75) is 0 Å². The highest BCUT2D eigenvalue weighted by Crippen LogP contribution is 2.27. The van der Waals surface area contributed by atoms with Crippen LogP contribution < -0.4 is 10.4 Å². The molecule has 0 aliphatic carbocycles. The van der Waals surface area contributed by atoms with Crippen molar-refractivity contribution in [3.05, 3.63) is 23.8 Å². The first-order chi connectivity index (χ1) is 7.02. The maximum absolute atomic E-state index is 11.2. The summed E-state index contributed by atoms with van der Waals surface area (Å²) in [6.45, 7) is -0.659. The van der Waals surface area contributed by atoms with Crippen molar-refractivity contribution >= 4 is 11.9 Å². The molecule has 0 aliphatic heterocycles. The highest BCUT2D eigenvalue weighted by atomic mass is 16.4. The number of aliphatic carboxylic acids is 1. The molecule has 0 heterocycles. The van der Waals surface area contributed by atoms with Gasteiger partial charge in [0.05, 0.1) is 18.1 Å². The van der Waals surface area contributed by atoms with Gasteiger partial charge in [-0.15, -0.1) is 0 Å². The van der Waals surface area contributed by atoms with Crippen LogP contribution in [0, 0.1) is 0 Å². The highest BCUT2D eigenvalue weighted by Gasteiger charge is 2.12. The van der Waals surface area contributed by atoms with Crippen LogP contribution in [0.1, 0.15) is 10.4 Å². The molecule has 1 aromatic carbocycles. The third kappa shape index (κ3) is 2.60. The molecule has 1 amide bonds. The molecule has 0 saturated carbocycles. The Kier molecular flexibility index (Phi) is 3.12. The normalized spacial score (nSPS) is 9.60. The number of carbonyl (C=O) groups is 2. The Morgan fingerprint density at radius 2 is 2.00 bits per heavy atom. The molecule has 0 unspecified atom stereocenters. The third-order valence-corrected chi connectivity index (χ3v) is 1.65. The number of aromatic hydroxyl groups is 2.